The van der Waals surface area contributed by atoms with Crippen molar-refractivity contribution >= 4 is 22.6 Å². The molecule has 3 heteroatoms. The van der Waals surface area contributed by atoms with Crippen molar-refractivity contribution in [3.8, 4) is 11.5 Å². The summed E-state index contributed by atoms with van der Waals surface area (Å²) in [5.74, 6) is 1.62. The third-order valence-electron chi connectivity index (χ3n) is 1.42. The SMILES string of the molecule is CC(C)Oc1ccccc1OCI. The average molecular weight is 292 g/mol. The number of halogens is 1. The number of para-hydroxylation sites is 2. The van der Waals surface area contributed by atoms with Crippen LogP contribution in [0.3, 0.4) is 0 Å². The summed E-state index contributed by atoms with van der Waals surface area (Å²) in [4.78, 5) is 0. The molecule has 0 spiro atoms. The van der Waals surface area contributed by atoms with Crippen molar-refractivity contribution in [3.63, 3.8) is 0 Å². The molecule has 0 saturated heterocycles. The molecule has 1 aromatic carbocycles. The first-order chi connectivity index (χ1) is 6.24. The molecule has 1 rings (SSSR count). The van der Waals surface area contributed by atoms with Crippen molar-refractivity contribution in [2.45, 2.75) is 20.0 Å². The first kappa shape index (κ1) is 10.6. The lowest BCUT2D eigenvalue weighted by atomic mass is 10.3. The molecule has 0 unspecified atom stereocenters. The van der Waals surface area contributed by atoms with Gasteiger partial charge in [0.1, 0.15) is 4.61 Å². The van der Waals surface area contributed by atoms with Crippen LogP contribution in [0.1, 0.15) is 13.8 Å². The summed E-state index contributed by atoms with van der Waals surface area (Å²) in [5, 5.41) is 0. The highest BCUT2D eigenvalue weighted by Crippen LogP contribution is 2.27. The Labute approximate surface area is 92.4 Å². The molecular weight excluding hydrogens is 279 g/mol. The zero-order valence-electron chi connectivity index (χ0n) is 7.79. The fourth-order valence-corrected chi connectivity index (χ4v) is 1.31. The summed E-state index contributed by atoms with van der Waals surface area (Å²) < 4.78 is 11.6. The Morgan fingerprint density at radius 1 is 1.23 bits per heavy atom. The second kappa shape index (κ2) is 5.32. The third kappa shape index (κ3) is 3.42. The van der Waals surface area contributed by atoms with E-state index in [2.05, 4.69) is 22.6 Å². The van der Waals surface area contributed by atoms with Crippen LogP contribution in [0.2, 0.25) is 0 Å². The topological polar surface area (TPSA) is 18.5 Å². The van der Waals surface area contributed by atoms with Crippen LogP contribution in [-0.2, 0) is 0 Å². The largest absolute Gasteiger partial charge is 0.487 e. The molecule has 0 fully saturated rings. The molecule has 0 aromatic heterocycles. The number of ether oxygens (including phenoxy) is 2. The van der Waals surface area contributed by atoms with Gasteiger partial charge in [-0.25, -0.2) is 0 Å². The van der Waals surface area contributed by atoms with Crippen molar-refractivity contribution in [2.24, 2.45) is 0 Å². The number of hydrogen-bond donors (Lipinski definition) is 0. The van der Waals surface area contributed by atoms with E-state index in [1.165, 1.54) is 0 Å². The minimum Gasteiger partial charge on any atom is -0.487 e. The fourth-order valence-electron chi connectivity index (χ4n) is 0.979. The molecule has 0 saturated carbocycles. The standard InChI is InChI=1S/C10H13IO2/c1-8(2)13-10-6-4-3-5-9(10)12-7-11/h3-6,8H,7H2,1-2H3. The Hall–Kier alpha value is -0.450. The van der Waals surface area contributed by atoms with Gasteiger partial charge in [-0.05, 0) is 48.6 Å². The highest BCUT2D eigenvalue weighted by Gasteiger charge is 2.04. The van der Waals surface area contributed by atoms with Crippen molar-refractivity contribution in [3.05, 3.63) is 24.3 Å². The van der Waals surface area contributed by atoms with Crippen molar-refractivity contribution < 1.29 is 9.47 Å². The number of rotatable bonds is 4. The van der Waals surface area contributed by atoms with Crippen LogP contribution >= 0.6 is 22.6 Å². The summed E-state index contributed by atoms with van der Waals surface area (Å²) in [6, 6.07) is 7.71. The summed E-state index contributed by atoms with van der Waals surface area (Å²) in [5.41, 5.74) is 0. The summed E-state index contributed by atoms with van der Waals surface area (Å²) in [6.07, 6.45) is 0.180. The minimum atomic E-state index is 0.180. The van der Waals surface area contributed by atoms with Gasteiger partial charge < -0.3 is 9.47 Å². The molecule has 0 aliphatic carbocycles. The molecule has 72 valence electrons. The molecule has 0 radical (unpaired) electrons. The van der Waals surface area contributed by atoms with Gasteiger partial charge in [0, 0.05) is 0 Å². The normalized spacial score (nSPS) is 10.2. The van der Waals surface area contributed by atoms with Gasteiger partial charge in [0.15, 0.2) is 11.5 Å². The Morgan fingerprint density at radius 3 is 2.38 bits per heavy atom. The van der Waals surface area contributed by atoms with E-state index in [9.17, 15) is 0 Å². The van der Waals surface area contributed by atoms with E-state index < -0.39 is 0 Å². The van der Waals surface area contributed by atoms with Crippen molar-refractivity contribution in [1.82, 2.24) is 0 Å². The van der Waals surface area contributed by atoms with Gasteiger partial charge >= 0.3 is 0 Å². The van der Waals surface area contributed by atoms with Gasteiger partial charge in [0.2, 0.25) is 0 Å². The molecule has 0 atom stereocenters. The van der Waals surface area contributed by atoms with Crippen molar-refractivity contribution in [2.75, 3.05) is 4.61 Å². The fraction of sp³-hybridized carbons (Fsp3) is 0.400. The average Bonchev–Trinajstić information content (AvgIpc) is 2.08. The van der Waals surface area contributed by atoms with E-state index in [1.54, 1.807) is 0 Å². The first-order valence-electron chi connectivity index (χ1n) is 4.18. The summed E-state index contributed by atoms with van der Waals surface area (Å²) >= 11 is 2.16. The Kier molecular flexibility index (Phi) is 4.35. The van der Waals surface area contributed by atoms with Crippen molar-refractivity contribution in [1.29, 1.82) is 0 Å². The van der Waals surface area contributed by atoms with E-state index >= 15 is 0 Å². The van der Waals surface area contributed by atoms with Crippen LogP contribution in [0, 0.1) is 0 Å². The highest BCUT2D eigenvalue weighted by molar-refractivity contribution is 14.1. The van der Waals surface area contributed by atoms with Gasteiger partial charge in [-0.3, -0.25) is 0 Å². The zero-order chi connectivity index (χ0) is 9.68. The van der Waals surface area contributed by atoms with E-state index in [-0.39, 0.29) is 6.10 Å². The maximum Gasteiger partial charge on any atom is 0.162 e. The number of benzene rings is 1. The molecule has 2 nitrogen and oxygen atoms in total. The lowest BCUT2D eigenvalue weighted by Gasteiger charge is -2.13. The van der Waals surface area contributed by atoms with Gasteiger partial charge in [-0.15, -0.1) is 0 Å². The molecule has 0 N–H and O–H groups in total. The first-order valence-corrected chi connectivity index (χ1v) is 5.71. The zero-order valence-corrected chi connectivity index (χ0v) is 9.95. The third-order valence-corrected chi connectivity index (χ3v) is 1.73. The van der Waals surface area contributed by atoms with Crippen LogP contribution in [0.15, 0.2) is 24.3 Å². The van der Waals surface area contributed by atoms with Crippen LogP contribution in [0.25, 0.3) is 0 Å². The number of hydrogen-bond acceptors (Lipinski definition) is 2. The van der Waals surface area contributed by atoms with Crippen LogP contribution in [0.5, 0.6) is 11.5 Å². The Balaban J connectivity index is 2.78. The van der Waals surface area contributed by atoms with E-state index in [0.29, 0.717) is 4.61 Å². The molecule has 0 bridgehead atoms. The molecule has 1 aromatic rings. The second-order valence-electron chi connectivity index (χ2n) is 2.87. The summed E-state index contributed by atoms with van der Waals surface area (Å²) in [6.45, 7) is 4.00. The molecule has 0 aliphatic heterocycles. The maximum atomic E-state index is 5.57. The van der Waals surface area contributed by atoms with E-state index in [4.69, 9.17) is 9.47 Å². The van der Waals surface area contributed by atoms with Gasteiger partial charge in [-0.2, -0.15) is 0 Å². The van der Waals surface area contributed by atoms with E-state index in [0.717, 1.165) is 11.5 Å². The minimum absolute atomic E-state index is 0.180. The lowest BCUT2D eigenvalue weighted by molar-refractivity contribution is 0.229. The predicted molar refractivity (Wildman–Crippen MR) is 61.7 cm³/mol. The van der Waals surface area contributed by atoms with Gasteiger partial charge in [-0.1, -0.05) is 12.1 Å². The number of alkyl halides is 1. The smallest absolute Gasteiger partial charge is 0.162 e. The lowest BCUT2D eigenvalue weighted by Crippen LogP contribution is -2.06. The Bertz CT molecular complexity index is 261. The van der Waals surface area contributed by atoms with Gasteiger partial charge in [0.25, 0.3) is 0 Å². The molecular formula is C10H13IO2. The van der Waals surface area contributed by atoms with Crippen LogP contribution in [0.4, 0.5) is 0 Å². The molecule has 0 amide bonds. The van der Waals surface area contributed by atoms with Gasteiger partial charge in [0.05, 0.1) is 6.10 Å². The predicted octanol–water partition coefficient (Wildman–Crippen LogP) is 3.25. The second-order valence-corrected chi connectivity index (χ2v) is 3.49. The Morgan fingerprint density at radius 2 is 1.85 bits per heavy atom. The summed E-state index contributed by atoms with van der Waals surface area (Å²) in [7, 11) is 0. The monoisotopic (exact) mass is 292 g/mol. The molecule has 0 heterocycles. The van der Waals surface area contributed by atoms with Crippen LogP contribution in [-0.4, -0.2) is 10.7 Å². The molecule has 13 heavy (non-hydrogen) atoms. The van der Waals surface area contributed by atoms with Crippen LogP contribution < -0.4 is 9.47 Å². The van der Waals surface area contributed by atoms with E-state index in [1.807, 2.05) is 38.1 Å². The maximum absolute atomic E-state index is 5.57. The quantitative estimate of drug-likeness (QED) is 0.626. The highest BCUT2D eigenvalue weighted by atomic mass is 127. The molecule has 0 aliphatic rings.